The van der Waals surface area contributed by atoms with E-state index in [9.17, 15) is 4.79 Å². The summed E-state index contributed by atoms with van der Waals surface area (Å²) < 4.78 is 0. The van der Waals surface area contributed by atoms with Crippen LogP contribution in [0.5, 0.6) is 0 Å². The summed E-state index contributed by atoms with van der Waals surface area (Å²) in [5.74, 6) is 0. The molecule has 0 spiro atoms. The van der Waals surface area contributed by atoms with E-state index in [1.165, 1.54) is 22.7 Å². The van der Waals surface area contributed by atoms with E-state index in [0.717, 1.165) is 11.4 Å². The summed E-state index contributed by atoms with van der Waals surface area (Å²) in [5, 5.41) is 7.55. The molecule has 0 saturated heterocycles. The maximum Gasteiger partial charge on any atom is 0.332 e. The third-order valence-electron chi connectivity index (χ3n) is 3.73. The van der Waals surface area contributed by atoms with E-state index in [-0.39, 0.29) is 6.03 Å². The van der Waals surface area contributed by atoms with Gasteiger partial charge in [-0.25, -0.2) is 14.8 Å². The third kappa shape index (κ3) is 3.81. The quantitative estimate of drug-likeness (QED) is 0.498. The van der Waals surface area contributed by atoms with Gasteiger partial charge in [0, 0.05) is 10.8 Å². The third-order valence-corrected chi connectivity index (χ3v) is 5.17. The monoisotopic (exact) mass is 393 g/mol. The second-order valence-electron chi connectivity index (χ2n) is 5.55. The largest absolute Gasteiger partial charge is 0.375 e. The van der Waals surface area contributed by atoms with Crippen molar-refractivity contribution < 1.29 is 4.79 Å². The van der Waals surface area contributed by atoms with Crippen LogP contribution in [-0.2, 0) is 0 Å². The van der Waals surface area contributed by atoms with Crippen molar-refractivity contribution in [2.45, 2.75) is 0 Å². The number of nitrogen functional groups attached to an aromatic ring is 1. The summed E-state index contributed by atoms with van der Waals surface area (Å²) in [4.78, 5) is 23.3. The average Bonchev–Trinajstić information content (AvgIpc) is 3.33. The zero-order valence-corrected chi connectivity index (χ0v) is 15.7. The van der Waals surface area contributed by atoms with E-state index in [2.05, 4.69) is 15.3 Å². The van der Waals surface area contributed by atoms with Crippen LogP contribution in [0, 0.1) is 0 Å². The number of urea groups is 1. The molecule has 4 aromatic rings. The van der Waals surface area contributed by atoms with Crippen LogP contribution in [0.1, 0.15) is 0 Å². The van der Waals surface area contributed by atoms with Crippen LogP contribution >= 0.6 is 22.7 Å². The Bertz CT molecular complexity index is 1010. The molecule has 6 nitrogen and oxygen atoms in total. The molecule has 0 aliphatic rings. The summed E-state index contributed by atoms with van der Waals surface area (Å²) in [6, 6.07) is 18.7. The van der Waals surface area contributed by atoms with Crippen molar-refractivity contribution in [3.05, 3.63) is 71.4 Å². The first kappa shape index (κ1) is 17.2. The Balaban J connectivity index is 1.60. The Kier molecular flexibility index (Phi) is 4.82. The van der Waals surface area contributed by atoms with E-state index in [0.29, 0.717) is 21.7 Å². The lowest BCUT2D eigenvalue weighted by Crippen LogP contribution is -2.30. The van der Waals surface area contributed by atoms with Gasteiger partial charge in [0.05, 0.1) is 11.4 Å². The second kappa shape index (κ2) is 7.56. The molecule has 3 N–H and O–H groups in total. The molecule has 2 heterocycles. The van der Waals surface area contributed by atoms with Gasteiger partial charge in [-0.05, 0) is 24.3 Å². The molecule has 0 saturated carbocycles. The van der Waals surface area contributed by atoms with Crippen molar-refractivity contribution in [1.82, 2.24) is 9.97 Å². The lowest BCUT2D eigenvalue weighted by molar-refractivity contribution is 0.259. The number of carbonyl (C=O) groups is 1. The molecule has 0 fully saturated rings. The van der Waals surface area contributed by atoms with Crippen LogP contribution in [0.4, 0.5) is 26.4 Å². The van der Waals surface area contributed by atoms with Crippen molar-refractivity contribution in [2.75, 3.05) is 16.0 Å². The summed E-state index contributed by atoms with van der Waals surface area (Å²) in [6.07, 6.45) is 0. The maximum absolute atomic E-state index is 13.0. The molecule has 2 aromatic carbocycles. The number of nitrogens with one attached hydrogen (secondary N) is 1. The van der Waals surface area contributed by atoms with Crippen molar-refractivity contribution in [3.8, 4) is 11.4 Å². The number of nitrogens with two attached hydrogens (primary N) is 1. The fourth-order valence-corrected chi connectivity index (χ4v) is 3.79. The molecule has 0 atom stereocenters. The van der Waals surface area contributed by atoms with E-state index in [1.54, 1.807) is 4.90 Å². The van der Waals surface area contributed by atoms with Gasteiger partial charge >= 0.3 is 6.03 Å². The maximum atomic E-state index is 13.0. The van der Waals surface area contributed by atoms with Crippen LogP contribution in [0.15, 0.2) is 71.4 Å². The van der Waals surface area contributed by atoms with Crippen LogP contribution in [-0.4, -0.2) is 16.0 Å². The van der Waals surface area contributed by atoms with Crippen LogP contribution in [0.25, 0.3) is 11.4 Å². The minimum Gasteiger partial charge on any atom is -0.375 e. The number of carbonyl (C=O) groups excluding carboxylic acids is 1. The van der Waals surface area contributed by atoms with Gasteiger partial charge in [0.15, 0.2) is 10.3 Å². The van der Waals surface area contributed by atoms with Crippen molar-refractivity contribution in [3.63, 3.8) is 0 Å². The summed E-state index contributed by atoms with van der Waals surface area (Å²) >= 11 is 2.70. The molecule has 0 radical (unpaired) electrons. The average molecular weight is 393 g/mol. The highest BCUT2D eigenvalue weighted by Crippen LogP contribution is 2.29. The molecule has 4 rings (SSSR count). The number of nitrogens with zero attached hydrogens (tertiary/aromatic N) is 3. The van der Waals surface area contributed by atoms with E-state index in [1.807, 2.05) is 71.4 Å². The predicted octanol–water partition coefficient (Wildman–Crippen LogP) is 5.22. The Morgan fingerprint density at radius 2 is 1.41 bits per heavy atom. The first-order valence-electron chi connectivity index (χ1n) is 8.09. The normalized spacial score (nSPS) is 10.5. The highest BCUT2D eigenvalue weighted by molar-refractivity contribution is 7.14. The zero-order valence-electron chi connectivity index (χ0n) is 14.1. The fraction of sp³-hybridized carbons (Fsp3) is 0. The van der Waals surface area contributed by atoms with E-state index in [4.69, 9.17) is 5.73 Å². The Labute approximate surface area is 163 Å². The number of hydrogen-bond donors (Lipinski definition) is 2. The minimum absolute atomic E-state index is 0.286. The summed E-state index contributed by atoms with van der Waals surface area (Å²) in [7, 11) is 0. The molecule has 0 aliphatic heterocycles. The van der Waals surface area contributed by atoms with E-state index >= 15 is 0 Å². The molecule has 2 amide bonds. The highest BCUT2D eigenvalue weighted by Gasteiger charge is 2.19. The van der Waals surface area contributed by atoms with Gasteiger partial charge in [0.1, 0.15) is 11.4 Å². The Morgan fingerprint density at radius 1 is 0.852 bits per heavy atom. The summed E-state index contributed by atoms with van der Waals surface area (Å²) in [6.45, 7) is 0. The molecule has 0 unspecified atom stereocenters. The molecule has 2 aromatic heterocycles. The number of amides is 2. The number of para-hydroxylation sites is 2. The number of hydrogen-bond acceptors (Lipinski definition) is 6. The van der Waals surface area contributed by atoms with E-state index < -0.39 is 0 Å². The molecule has 134 valence electrons. The second-order valence-corrected chi connectivity index (χ2v) is 7.29. The van der Waals surface area contributed by atoms with Crippen LogP contribution in [0.2, 0.25) is 0 Å². The fourth-order valence-electron chi connectivity index (χ4n) is 2.54. The van der Waals surface area contributed by atoms with Gasteiger partial charge in [-0.2, -0.15) is 0 Å². The summed E-state index contributed by atoms with van der Waals surface area (Å²) in [5.41, 5.74) is 8.61. The van der Waals surface area contributed by atoms with Crippen molar-refractivity contribution >= 4 is 50.3 Å². The standard InChI is InChI=1S/C19H15N5OS2/c20-17-21-15(11-26-17)16-12-27-18(22-16)23-19(25)24(13-7-3-1-4-8-13)14-9-5-2-6-10-14/h1-12H,(H2,20,21)(H,22,23,25). The van der Waals surface area contributed by atoms with Crippen LogP contribution in [0.3, 0.4) is 0 Å². The van der Waals surface area contributed by atoms with Crippen molar-refractivity contribution in [1.29, 1.82) is 0 Å². The highest BCUT2D eigenvalue weighted by atomic mass is 32.1. The number of aromatic nitrogens is 2. The lowest BCUT2D eigenvalue weighted by atomic mass is 10.2. The number of anilines is 4. The number of rotatable bonds is 4. The SMILES string of the molecule is Nc1nc(-c2csc(NC(=O)N(c3ccccc3)c3ccccc3)n2)cs1. The van der Waals surface area contributed by atoms with Gasteiger partial charge < -0.3 is 5.73 Å². The zero-order chi connectivity index (χ0) is 18.6. The first-order chi connectivity index (χ1) is 13.2. The minimum atomic E-state index is -0.286. The topological polar surface area (TPSA) is 84.1 Å². The van der Waals surface area contributed by atoms with Crippen molar-refractivity contribution in [2.24, 2.45) is 0 Å². The molecule has 27 heavy (non-hydrogen) atoms. The molecule has 0 bridgehead atoms. The smallest absolute Gasteiger partial charge is 0.332 e. The number of thiazole rings is 2. The van der Waals surface area contributed by atoms with Crippen LogP contribution < -0.4 is 16.0 Å². The molecular formula is C19H15N5OS2. The molecule has 8 heteroatoms. The Morgan fingerprint density at radius 3 is 1.96 bits per heavy atom. The molecule has 0 aliphatic carbocycles. The van der Waals surface area contributed by atoms with Gasteiger partial charge in [0.2, 0.25) is 0 Å². The first-order valence-corrected chi connectivity index (χ1v) is 9.85. The lowest BCUT2D eigenvalue weighted by Gasteiger charge is -2.22. The van der Waals surface area contributed by atoms with Gasteiger partial charge in [-0.1, -0.05) is 36.4 Å². The van der Waals surface area contributed by atoms with Gasteiger partial charge in [-0.15, -0.1) is 22.7 Å². The molecular weight excluding hydrogens is 378 g/mol. The predicted molar refractivity (Wildman–Crippen MR) is 112 cm³/mol. The van der Waals surface area contributed by atoms with Gasteiger partial charge in [0.25, 0.3) is 0 Å². The number of benzene rings is 2. The van der Waals surface area contributed by atoms with Gasteiger partial charge in [-0.3, -0.25) is 10.2 Å². The Hall–Kier alpha value is -3.23.